The highest BCUT2D eigenvalue weighted by Gasteiger charge is 2.10. The van der Waals surface area contributed by atoms with E-state index in [4.69, 9.17) is 16.6 Å². The van der Waals surface area contributed by atoms with E-state index in [1.165, 1.54) is 0 Å². The summed E-state index contributed by atoms with van der Waals surface area (Å²) in [6.07, 6.45) is 4.20. The van der Waals surface area contributed by atoms with E-state index in [2.05, 4.69) is 33.5 Å². The summed E-state index contributed by atoms with van der Waals surface area (Å²) in [5, 5.41) is 4.14. The third-order valence-corrected chi connectivity index (χ3v) is 5.28. The molecule has 6 nitrogen and oxygen atoms in total. The van der Waals surface area contributed by atoms with Gasteiger partial charge in [-0.3, -0.25) is 9.78 Å². The van der Waals surface area contributed by atoms with E-state index < -0.39 is 0 Å². The van der Waals surface area contributed by atoms with Crippen molar-refractivity contribution < 1.29 is 4.79 Å². The van der Waals surface area contributed by atoms with E-state index in [-0.39, 0.29) is 0 Å². The summed E-state index contributed by atoms with van der Waals surface area (Å²) in [7, 11) is 0. The molecular weight excluding hydrogens is 398 g/mol. The van der Waals surface area contributed by atoms with Gasteiger partial charge in [0.2, 0.25) is 6.41 Å². The number of fused-ring (bicyclic) bond motifs is 2. The molecule has 0 aliphatic rings. The molecule has 0 aliphatic heterocycles. The first-order valence-corrected chi connectivity index (χ1v) is 9.75. The number of hydrogen-bond donors (Lipinski definition) is 1. The van der Waals surface area contributed by atoms with Crippen molar-refractivity contribution in [1.29, 1.82) is 0 Å². The van der Waals surface area contributed by atoms with Crippen molar-refractivity contribution in [3.05, 3.63) is 83.8 Å². The molecule has 0 spiro atoms. The molecule has 0 aliphatic carbocycles. The molecule has 0 atom stereocenters. The summed E-state index contributed by atoms with van der Waals surface area (Å²) >= 11 is 6.27. The summed E-state index contributed by atoms with van der Waals surface area (Å²) in [4.78, 5) is 24.3. The Morgan fingerprint density at radius 3 is 2.77 bits per heavy atom. The van der Waals surface area contributed by atoms with Crippen LogP contribution in [-0.2, 0) is 11.3 Å². The summed E-state index contributed by atoms with van der Waals surface area (Å²) in [5.41, 5.74) is 5.95. The molecule has 30 heavy (non-hydrogen) atoms. The maximum absolute atomic E-state index is 10.7. The molecule has 7 heteroatoms. The predicted molar refractivity (Wildman–Crippen MR) is 119 cm³/mol. The summed E-state index contributed by atoms with van der Waals surface area (Å²) in [5.74, 6) is 0. The minimum Gasteiger partial charge on any atom is -0.327 e. The van der Waals surface area contributed by atoms with Crippen molar-refractivity contribution in [3.8, 4) is 11.3 Å². The Bertz CT molecular complexity index is 1400. The zero-order valence-electron chi connectivity index (χ0n) is 15.8. The molecule has 146 valence electrons. The number of nitrogens with one attached hydrogen (secondary N) is 1. The first-order valence-electron chi connectivity index (χ1n) is 9.37. The highest BCUT2D eigenvalue weighted by Crippen LogP contribution is 2.28. The van der Waals surface area contributed by atoms with Crippen LogP contribution in [0.4, 0.5) is 5.69 Å². The van der Waals surface area contributed by atoms with E-state index in [9.17, 15) is 4.79 Å². The normalized spacial score (nSPS) is 11.1. The van der Waals surface area contributed by atoms with Gasteiger partial charge in [-0.1, -0.05) is 29.8 Å². The fraction of sp³-hybridized carbons (Fsp3) is 0.0435. The van der Waals surface area contributed by atoms with Gasteiger partial charge in [0.15, 0.2) is 5.65 Å². The van der Waals surface area contributed by atoms with Crippen LogP contribution in [0.5, 0.6) is 0 Å². The molecule has 5 aromatic rings. The highest BCUT2D eigenvalue weighted by molar-refractivity contribution is 6.33. The van der Waals surface area contributed by atoms with Gasteiger partial charge in [-0.05, 0) is 48.0 Å². The lowest BCUT2D eigenvalue weighted by molar-refractivity contribution is -0.105. The number of hydrogen-bond acceptors (Lipinski definition) is 4. The maximum atomic E-state index is 10.7. The van der Waals surface area contributed by atoms with Crippen LogP contribution in [0.25, 0.3) is 33.3 Å². The van der Waals surface area contributed by atoms with E-state index >= 15 is 0 Å². The number of aromatic nitrogens is 4. The second kappa shape index (κ2) is 7.57. The van der Waals surface area contributed by atoms with E-state index in [0.29, 0.717) is 23.7 Å². The molecule has 3 aromatic heterocycles. The maximum Gasteiger partial charge on any atom is 0.211 e. The number of amides is 1. The molecule has 0 saturated heterocycles. The molecule has 2 aromatic carbocycles. The number of imidazole rings is 1. The first kappa shape index (κ1) is 18.3. The monoisotopic (exact) mass is 413 g/mol. The van der Waals surface area contributed by atoms with Crippen LogP contribution in [-0.4, -0.2) is 25.9 Å². The third kappa shape index (κ3) is 3.38. The fourth-order valence-corrected chi connectivity index (χ4v) is 3.73. The van der Waals surface area contributed by atoms with Gasteiger partial charge in [-0.15, -0.1) is 0 Å². The quantitative estimate of drug-likeness (QED) is 0.415. The van der Waals surface area contributed by atoms with Crippen molar-refractivity contribution in [2.24, 2.45) is 0 Å². The zero-order chi connectivity index (χ0) is 20.5. The number of rotatable bonds is 5. The highest BCUT2D eigenvalue weighted by atomic mass is 35.5. The second-order valence-corrected chi connectivity index (χ2v) is 7.31. The molecule has 0 radical (unpaired) electrons. The molecule has 5 rings (SSSR count). The van der Waals surface area contributed by atoms with Crippen molar-refractivity contribution in [3.63, 3.8) is 0 Å². The largest absolute Gasteiger partial charge is 0.327 e. The molecule has 3 heterocycles. The standard InChI is InChI=1S/C23H16ClN5O/c24-18-11-17(4-6-21(18)27-14-30)20-7-8-22-23(28-20)29(13-26-22)12-15-3-5-19-16(10-15)2-1-9-25-19/h1-11,13-14H,12H2,(H,27,30). The number of carbonyl (C=O) groups excluding carboxylic acids is 1. The van der Waals surface area contributed by atoms with Crippen LogP contribution in [0.3, 0.4) is 0 Å². The lowest BCUT2D eigenvalue weighted by Crippen LogP contribution is -2.00. The van der Waals surface area contributed by atoms with Crippen LogP contribution in [0.1, 0.15) is 5.56 Å². The lowest BCUT2D eigenvalue weighted by Gasteiger charge is -2.08. The Hall–Kier alpha value is -3.77. The van der Waals surface area contributed by atoms with Gasteiger partial charge in [0.25, 0.3) is 0 Å². The average molecular weight is 414 g/mol. The molecule has 1 amide bonds. The average Bonchev–Trinajstić information content (AvgIpc) is 3.17. The Labute approximate surface area is 177 Å². The van der Waals surface area contributed by atoms with Crippen LogP contribution in [0.15, 0.2) is 73.2 Å². The zero-order valence-corrected chi connectivity index (χ0v) is 16.5. The van der Waals surface area contributed by atoms with Gasteiger partial charge < -0.3 is 9.88 Å². The van der Waals surface area contributed by atoms with Gasteiger partial charge in [0, 0.05) is 17.1 Å². The van der Waals surface area contributed by atoms with Crippen molar-refractivity contribution in [2.45, 2.75) is 6.54 Å². The molecule has 0 bridgehead atoms. The summed E-state index contributed by atoms with van der Waals surface area (Å²) < 4.78 is 2.03. The third-order valence-electron chi connectivity index (χ3n) is 4.96. The Kier molecular flexibility index (Phi) is 4.61. The number of anilines is 1. The molecule has 0 unspecified atom stereocenters. The number of halogens is 1. The SMILES string of the molecule is O=CNc1ccc(-c2ccc3ncn(Cc4ccc5ncccc5c4)c3n2)cc1Cl. The predicted octanol–water partition coefficient (Wildman–Crippen LogP) is 4.92. The molecule has 0 fully saturated rings. The molecule has 1 N–H and O–H groups in total. The first-order chi connectivity index (χ1) is 14.7. The second-order valence-electron chi connectivity index (χ2n) is 6.90. The van der Waals surface area contributed by atoms with Gasteiger partial charge in [0.05, 0.1) is 34.8 Å². The molecular formula is C23H16ClN5O. The number of benzene rings is 2. The smallest absolute Gasteiger partial charge is 0.211 e. The van der Waals surface area contributed by atoms with Gasteiger partial charge in [-0.2, -0.15) is 0 Å². The lowest BCUT2D eigenvalue weighted by atomic mass is 10.1. The summed E-state index contributed by atoms with van der Waals surface area (Å²) in [6.45, 7) is 0.654. The van der Waals surface area contributed by atoms with Gasteiger partial charge in [0.1, 0.15) is 5.52 Å². The van der Waals surface area contributed by atoms with E-state index in [0.717, 1.165) is 38.9 Å². The minimum absolute atomic E-state index is 0.458. The van der Waals surface area contributed by atoms with E-state index in [1.54, 1.807) is 24.7 Å². The Balaban J connectivity index is 1.51. The minimum atomic E-state index is 0.458. The molecule has 0 saturated carbocycles. The Morgan fingerprint density at radius 2 is 1.90 bits per heavy atom. The van der Waals surface area contributed by atoms with Crippen molar-refractivity contribution in [1.82, 2.24) is 19.5 Å². The van der Waals surface area contributed by atoms with Crippen molar-refractivity contribution >= 4 is 45.8 Å². The van der Waals surface area contributed by atoms with Crippen LogP contribution >= 0.6 is 11.6 Å². The Morgan fingerprint density at radius 1 is 1.00 bits per heavy atom. The number of carbonyl (C=O) groups is 1. The topological polar surface area (TPSA) is 72.7 Å². The van der Waals surface area contributed by atoms with E-state index in [1.807, 2.05) is 34.9 Å². The fourth-order valence-electron chi connectivity index (χ4n) is 3.49. The number of pyridine rings is 2. The van der Waals surface area contributed by atoms with Gasteiger partial charge >= 0.3 is 0 Å². The number of nitrogens with zero attached hydrogens (tertiary/aromatic N) is 4. The van der Waals surface area contributed by atoms with Crippen LogP contribution in [0, 0.1) is 0 Å². The summed E-state index contributed by atoms with van der Waals surface area (Å²) in [6, 6.07) is 19.5. The van der Waals surface area contributed by atoms with Crippen LogP contribution in [0.2, 0.25) is 5.02 Å². The van der Waals surface area contributed by atoms with Crippen LogP contribution < -0.4 is 5.32 Å². The van der Waals surface area contributed by atoms with Crippen molar-refractivity contribution in [2.75, 3.05) is 5.32 Å². The van der Waals surface area contributed by atoms with Gasteiger partial charge in [-0.25, -0.2) is 9.97 Å².